The zero-order valence-electron chi connectivity index (χ0n) is 14.8. The van der Waals surface area contributed by atoms with E-state index in [4.69, 9.17) is 0 Å². The summed E-state index contributed by atoms with van der Waals surface area (Å²) >= 11 is 3.33. The summed E-state index contributed by atoms with van der Waals surface area (Å²) < 4.78 is 0. The molecule has 0 saturated heterocycles. The smallest absolute Gasteiger partial charge is 0.230 e. The Balaban J connectivity index is 1.79. The van der Waals surface area contributed by atoms with Crippen LogP contribution in [0.2, 0.25) is 0 Å². The number of thiophene rings is 1. The Morgan fingerprint density at radius 1 is 1.46 bits per heavy atom. The topological polar surface area (TPSA) is 54.9 Å². The fourth-order valence-corrected chi connectivity index (χ4v) is 5.23. The van der Waals surface area contributed by atoms with Gasteiger partial charge in [-0.3, -0.25) is 4.79 Å². The highest BCUT2D eigenvalue weighted by Gasteiger charge is 2.24. The summed E-state index contributed by atoms with van der Waals surface area (Å²) in [5, 5.41) is 5.23. The van der Waals surface area contributed by atoms with E-state index in [1.165, 1.54) is 34.0 Å². The molecule has 1 amide bonds. The van der Waals surface area contributed by atoms with Gasteiger partial charge >= 0.3 is 0 Å². The molecule has 0 fully saturated rings. The first-order valence-electron chi connectivity index (χ1n) is 8.58. The highest BCUT2D eigenvalue weighted by Crippen LogP contribution is 2.40. The maximum atomic E-state index is 12.2. The van der Waals surface area contributed by atoms with E-state index in [1.54, 1.807) is 17.7 Å². The van der Waals surface area contributed by atoms with Gasteiger partial charge in [0.25, 0.3) is 0 Å². The Bertz CT molecular complexity index is 754. The molecule has 6 heteroatoms. The Labute approximate surface area is 151 Å². The first-order valence-corrected chi connectivity index (χ1v) is 10.4. The van der Waals surface area contributed by atoms with Gasteiger partial charge in [-0.25, -0.2) is 9.97 Å². The van der Waals surface area contributed by atoms with Crippen LogP contribution in [0.4, 0.5) is 0 Å². The van der Waals surface area contributed by atoms with Crippen LogP contribution in [0.25, 0.3) is 10.2 Å². The fraction of sp³-hybridized carbons (Fsp3) is 0.611. The molecule has 2 heterocycles. The summed E-state index contributed by atoms with van der Waals surface area (Å²) in [6.45, 7) is 8.50. The lowest BCUT2D eigenvalue weighted by atomic mass is 9.89. The molecule has 0 unspecified atom stereocenters. The minimum Gasteiger partial charge on any atom is -0.351 e. The molecule has 2 aromatic rings. The molecule has 0 aromatic carbocycles. The summed E-state index contributed by atoms with van der Waals surface area (Å²) in [5.74, 6) is 1.21. The van der Waals surface area contributed by atoms with Crippen molar-refractivity contribution in [3.05, 3.63) is 16.8 Å². The predicted octanol–water partition coefficient (Wildman–Crippen LogP) is 4.21. The molecule has 0 spiro atoms. The monoisotopic (exact) mass is 363 g/mol. The first-order chi connectivity index (χ1) is 11.4. The normalized spacial score (nSPS) is 17.8. The third-order valence-corrected chi connectivity index (χ3v) is 6.91. The minimum atomic E-state index is -0.156. The van der Waals surface area contributed by atoms with Gasteiger partial charge in [0.2, 0.25) is 5.91 Å². The van der Waals surface area contributed by atoms with Crippen molar-refractivity contribution in [3.8, 4) is 0 Å². The molecule has 0 radical (unpaired) electrons. The maximum Gasteiger partial charge on any atom is 0.230 e. The average Bonchev–Trinajstić information content (AvgIpc) is 2.90. The molecule has 0 aliphatic heterocycles. The third kappa shape index (κ3) is 3.75. The van der Waals surface area contributed by atoms with E-state index in [0.717, 1.165) is 35.0 Å². The second-order valence-corrected chi connectivity index (χ2v) is 9.33. The second kappa shape index (κ2) is 7.00. The van der Waals surface area contributed by atoms with Gasteiger partial charge in [0.05, 0.1) is 5.75 Å². The number of aromatic nitrogens is 2. The van der Waals surface area contributed by atoms with Crippen molar-refractivity contribution >= 4 is 39.2 Å². The average molecular weight is 364 g/mol. The zero-order valence-corrected chi connectivity index (χ0v) is 16.4. The van der Waals surface area contributed by atoms with Gasteiger partial charge in [-0.15, -0.1) is 11.3 Å². The number of hydrogen-bond acceptors (Lipinski definition) is 5. The number of nitrogens with one attached hydrogen (secondary N) is 1. The Morgan fingerprint density at radius 2 is 2.25 bits per heavy atom. The lowest BCUT2D eigenvalue weighted by Crippen LogP contribution is -2.43. The van der Waals surface area contributed by atoms with Crippen molar-refractivity contribution < 1.29 is 4.79 Å². The molecule has 130 valence electrons. The number of amides is 1. The van der Waals surface area contributed by atoms with Gasteiger partial charge in [0.15, 0.2) is 0 Å². The summed E-state index contributed by atoms with van der Waals surface area (Å²) in [6.07, 6.45) is 6.02. The van der Waals surface area contributed by atoms with Crippen molar-refractivity contribution in [2.24, 2.45) is 5.92 Å². The number of carbonyl (C=O) groups is 1. The van der Waals surface area contributed by atoms with E-state index in [-0.39, 0.29) is 11.4 Å². The van der Waals surface area contributed by atoms with Gasteiger partial charge in [-0.2, -0.15) is 0 Å². The standard InChI is InChI=1S/C18H25N3OS2/c1-5-18(3,4)21-14(22)9-23-16-15-12-7-6-11(2)8-13(12)24-17(15)20-10-19-16/h10-11H,5-9H2,1-4H3,(H,21,22)/t11-/m0/s1. The number of nitrogens with zero attached hydrogens (tertiary/aromatic N) is 2. The molecule has 1 aliphatic rings. The number of hydrogen-bond donors (Lipinski definition) is 1. The number of rotatable bonds is 5. The van der Waals surface area contributed by atoms with Crippen molar-refractivity contribution in [1.82, 2.24) is 15.3 Å². The molecular weight excluding hydrogens is 338 g/mol. The molecule has 0 saturated carbocycles. The van der Waals surface area contributed by atoms with Gasteiger partial charge in [0, 0.05) is 15.8 Å². The third-order valence-electron chi connectivity index (χ3n) is 4.76. The van der Waals surface area contributed by atoms with Crippen molar-refractivity contribution in [2.45, 2.75) is 63.9 Å². The Hall–Kier alpha value is -1.14. The lowest BCUT2D eigenvalue weighted by Gasteiger charge is -2.24. The van der Waals surface area contributed by atoms with E-state index in [0.29, 0.717) is 5.75 Å². The van der Waals surface area contributed by atoms with Crippen LogP contribution < -0.4 is 5.32 Å². The summed E-state index contributed by atoms with van der Waals surface area (Å²) in [7, 11) is 0. The van der Waals surface area contributed by atoms with Crippen molar-refractivity contribution in [3.63, 3.8) is 0 Å². The SMILES string of the molecule is CCC(C)(C)NC(=O)CSc1ncnc2sc3c(c12)CC[C@H](C)C3. The van der Waals surface area contributed by atoms with Crippen LogP contribution in [0.5, 0.6) is 0 Å². The lowest BCUT2D eigenvalue weighted by molar-refractivity contribution is -0.120. The largest absolute Gasteiger partial charge is 0.351 e. The van der Waals surface area contributed by atoms with Crippen LogP contribution in [0.3, 0.4) is 0 Å². The van der Waals surface area contributed by atoms with E-state index >= 15 is 0 Å². The highest BCUT2D eigenvalue weighted by atomic mass is 32.2. The molecule has 4 nitrogen and oxygen atoms in total. The highest BCUT2D eigenvalue weighted by molar-refractivity contribution is 8.00. The van der Waals surface area contributed by atoms with Crippen LogP contribution in [-0.4, -0.2) is 27.2 Å². The van der Waals surface area contributed by atoms with Crippen LogP contribution in [0, 0.1) is 5.92 Å². The van der Waals surface area contributed by atoms with E-state index in [1.807, 2.05) is 0 Å². The van der Waals surface area contributed by atoms with Gasteiger partial charge < -0.3 is 5.32 Å². The Morgan fingerprint density at radius 3 is 3.00 bits per heavy atom. The molecule has 0 bridgehead atoms. The molecule has 24 heavy (non-hydrogen) atoms. The minimum absolute atomic E-state index is 0.0660. The van der Waals surface area contributed by atoms with E-state index < -0.39 is 0 Å². The van der Waals surface area contributed by atoms with Crippen molar-refractivity contribution in [2.75, 3.05) is 5.75 Å². The first kappa shape index (κ1) is 17.7. The summed E-state index contributed by atoms with van der Waals surface area (Å²) in [5.41, 5.74) is 1.27. The van der Waals surface area contributed by atoms with Crippen LogP contribution >= 0.6 is 23.1 Å². The number of thioether (sulfide) groups is 1. The fourth-order valence-electron chi connectivity index (χ4n) is 2.99. The molecule has 3 rings (SSSR count). The molecule has 1 atom stereocenters. The molecule has 2 aromatic heterocycles. The maximum absolute atomic E-state index is 12.2. The second-order valence-electron chi connectivity index (χ2n) is 7.29. The van der Waals surface area contributed by atoms with E-state index in [2.05, 4.69) is 43.0 Å². The van der Waals surface area contributed by atoms with Crippen molar-refractivity contribution in [1.29, 1.82) is 0 Å². The van der Waals surface area contributed by atoms with Crippen LogP contribution in [0.1, 0.15) is 51.0 Å². The Kier molecular flexibility index (Phi) is 5.16. The number of aryl methyl sites for hydroxylation is 1. The molecule has 1 aliphatic carbocycles. The van der Waals surface area contributed by atoms with Gasteiger partial charge in [0.1, 0.15) is 16.2 Å². The number of carbonyl (C=O) groups excluding carboxylic acids is 1. The summed E-state index contributed by atoms with van der Waals surface area (Å²) in [4.78, 5) is 23.7. The van der Waals surface area contributed by atoms with E-state index in [9.17, 15) is 4.79 Å². The molecular formula is C18H25N3OS2. The zero-order chi connectivity index (χ0) is 17.3. The van der Waals surface area contributed by atoms with Crippen LogP contribution in [-0.2, 0) is 17.6 Å². The van der Waals surface area contributed by atoms with Crippen LogP contribution in [0.15, 0.2) is 11.4 Å². The predicted molar refractivity (Wildman–Crippen MR) is 102 cm³/mol. The van der Waals surface area contributed by atoms with Gasteiger partial charge in [-0.05, 0) is 51.0 Å². The molecule has 1 N–H and O–H groups in total. The van der Waals surface area contributed by atoms with Gasteiger partial charge in [-0.1, -0.05) is 25.6 Å². The quantitative estimate of drug-likeness (QED) is 0.638. The number of fused-ring (bicyclic) bond motifs is 3. The summed E-state index contributed by atoms with van der Waals surface area (Å²) in [6, 6.07) is 0.